The number of nitrogens with zero attached hydrogens (tertiary/aromatic N) is 3. The van der Waals surface area contributed by atoms with Crippen molar-refractivity contribution in [1.82, 2.24) is 25.1 Å². The normalized spacial score (nSPS) is 14.6. The third kappa shape index (κ3) is 5.48. The molecule has 2 aromatic carbocycles. The highest BCUT2D eigenvalue weighted by Crippen LogP contribution is 2.32. The van der Waals surface area contributed by atoms with E-state index in [-0.39, 0.29) is 12.1 Å². The van der Waals surface area contributed by atoms with Crippen molar-refractivity contribution in [2.45, 2.75) is 13.1 Å². The Morgan fingerprint density at radius 2 is 1.82 bits per heavy atom. The summed E-state index contributed by atoms with van der Waals surface area (Å²) in [6.45, 7) is 5.53. The maximum absolute atomic E-state index is 14.6. The van der Waals surface area contributed by atoms with Crippen molar-refractivity contribution in [1.29, 1.82) is 0 Å². The summed E-state index contributed by atoms with van der Waals surface area (Å²) in [4.78, 5) is 25.4. The first-order chi connectivity index (χ1) is 19.0. The van der Waals surface area contributed by atoms with Crippen LogP contribution in [0.15, 0.2) is 83.7 Å². The van der Waals surface area contributed by atoms with E-state index in [1.807, 2.05) is 12.4 Å². The number of aromatic amines is 1. The molecule has 0 radical (unpaired) electrons. The number of piperazine rings is 1. The first kappa shape index (κ1) is 25.0. The lowest BCUT2D eigenvalue weighted by atomic mass is 10.00. The minimum atomic E-state index is -0.578. The molecule has 3 aromatic heterocycles. The van der Waals surface area contributed by atoms with Gasteiger partial charge in [0.05, 0.1) is 18.4 Å². The highest BCUT2D eigenvalue weighted by Gasteiger charge is 2.17. The number of likely N-dealkylation sites (N-methyl/N-ethyl adjacent to an activating group) is 1. The van der Waals surface area contributed by atoms with Crippen LogP contribution >= 0.6 is 0 Å². The Morgan fingerprint density at radius 3 is 2.59 bits per heavy atom. The van der Waals surface area contributed by atoms with Gasteiger partial charge in [-0.15, -0.1) is 0 Å². The minimum absolute atomic E-state index is 0.0199. The lowest BCUT2D eigenvalue weighted by Gasteiger charge is -2.32. The van der Waals surface area contributed by atoms with Gasteiger partial charge in [0.25, 0.3) is 5.91 Å². The topological polar surface area (TPSA) is 77.4 Å². The molecule has 6 rings (SSSR count). The molecule has 0 spiro atoms. The van der Waals surface area contributed by atoms with E-state index >= 15 is 0 Å². The van der Waals surface area contributed by atoms with Crippen molar-refractivity contribution in [2.75, 3.05) is 33.2 Å². The highest BCUT2D eigenvalue weighted by molar-refractivity contribution is 5.99. The van der Waals surface area contributed by atoms with Crippen molar-refractivity contribution < 1.29 is 13.6 Å². The average molecular weight is 524 g/mol. The molecule has 4 heterocycles. The molecule has 0 atom stereocenters. The van der Waals surface area contributed by atoms with Crippen LogP contribution in [-0.4, -0.2) is 58.9 Å². The molecule has 198 valence electrons. The van der Waals surface area contributed by atoms with Gasteiger partial charge in [0, 0.05) is 61.6 Å². The van der Waals surface area contributed by atoms with Crippen molar-refractivity contribution in [2.24, 2.45) is 0 Å². The van der Waals surface area contributed by atoms with Gasteiger partial charge in [0.15, 0.2) is 0 Å². The van der Waals surface area contributed by atoms with Crippen LogP contribution in [0.25, 0.3) is 33.3 Å². The molecule has 1 saturated heterocycles. The van der Waals surface area contributed by atoms with Gasteiger partial charge in [-0.25, -0.2) is 9.37 Å². The molecule has 0 unspecified atom stereocenters. The number of fused-ring (bicyclic) bond motifs is 1. The molecule has 1 aliphatic heterocycles. The fourth-order valence-electron chi connectivity index (χ4n) is 5.01. The molecule has 0 aliphatic carbocycles. The molecular formula is C31H30FN5O2. The monoisotopic (exact) mass is 523 g/mol. The second kappa shape index (κ2) is 10.8. The zero-order valence-corrected chi connectivity index (χ0v) is 21.8. The molecule has 1 fully saturated rings. The lowest BCUT2D eigenvalue weighted by Crippen LogP contribution is -2.43. The number of halogens is 1. The van der Waals surface area contributed by atoms with Gasteiger partial charge in [-0.3, -0.25) is 9.69 Å². The van der Waals surface area contributed by atoms with Crippen LogP contribution in [0.1, 0.15) is 21.7 Å². The second-order valence-corrected chi connectivity index (χ2v) is 10.1. The first-order valence-corrected chi connectivity index (χ1v) is 13.1. The number of H-pyrrole nitrogens is 1. The maximum atomic E-state index is 14.6. The van der Waals surface area contributed by atoms with Crippen molar-refractivity contribution in [3.8, 4) is 22.3 Å². The number of carbonyl (C=O) groups is 1. The van der Waals surface area contributed by atoms with Crippen LogP contribution in [0.5, 0.6) is 0 Å². The van der Waals surface area contributed by atoms with E-state index in [1.165, 1.54) is 17.9 Å². The van der Waals surface area contributed by atoms with Crippen LogP contribution < -0.4 is 5.32 Å². The number of benzene rings is 2. The quantitative estimate of drug-likeness (QED) is 0.303. The molecule has 5 aromatic rings. The SMILES string of the molecule is CN1CCN(Cc2ccc(-c3cnc4[nH]cc(-c5ccc(F)c(C(=O)NCc6ccco6)c5)c4c3)cc2)CC1. The van der Waals surface area contributed by atoms with E-state index in [2.05, 4.69) is 62.5 Å². The largest absolute Gasteiger partial charge is 0.467 e. The van der Waals surface area contributed by atoms with E-state index in [0.717, 1.165) is 66.0 Å². The number of rotatable bonds is 7. The molecule has 7 nitrogen and oxygen atoms in total. The van der Waals surface area contributed by atoms with Crippen LogP contribution in [0.4, 0.5) is 4.39 Å². The predicted molar refractivity (Wildman–Crippen MR) is 150 cm³/mol. The standard InChI is InChI=1S/C31H30FN5O2/c1-36-10-12-37(13-11-36)20-21-4-6-22(7-5-21)24-16-26-28(19-34-30(26)33-17-24)23-8-9-29(32)27(15-23)31(38)35-18-25-3-2-14-39-25/h2-9,14-17,19H,10-13,18,20H2,1H3,(H,33,34)(H,35,38). The van der Waals surface area contributed by atoms with Gasteiger partial charge in [-0.1, -0.05) is 30.3 Å². The summed E-state index contributed by atoms with van der Waals surface area (Å²) >= 11 is 0. The van der Waals surface area contributed by atoms with Crippen LogP contribution in [0.3, 0.4) is 0 Å². The summed E-state index contributed by atoms with van der Waals surface area (Å²) in [6.07, 6.45) is 5.24. The van der Waals surface area contributed by atoms with Crippen LogP contribution in [0.2, 0.25) is 0 Å². The summed E-state index contributed by atoms with van der Waals surface area (Å²) < 4.78 is 19.9. The van der Waals surface area contributed by atoms with E-state index in [0.29, 0.717) is 5.76 Å². The zero-order valence-electron chi connectivity index (χ0n) is 21.8. The van der Waals surface area contributed by atoms with E-state index in [4.69, 9.17) is 4.42 Å². The minimum Gasteiger partial charge on any atom is -0.467 e. The Morgan fingerprint density at radius 1 is 1.03 bits per heavy atom. The van der Waals surface area contributed by atoms with Crippen molar-refractivity contribution in [3.63, 3.8) is 0 Å². The number of carbonyl (C=O) groups excluding carboxylic acids is 1. The molecule has 2 N–H and O–H groups in total. The molecule has 8 heteroatoms. The summed E-state index contributed by atoms with van der Waals surface area (Å²) in [7, 11) is 2.17. The number of amides is 1. The Labute approximate surface area is 226 Å². The predicted octanol–water partition coefficient (Wildman–Crippen LogP) is 5.31. The average Bonchev–Trinajstić information content (AvgIpc) is 3.64. The Balaban J connectivity index is 1.23. The maximum Gasteiger partial charge on any atom is 0.254 e. The molecule has 1 aliphatic rings. The number of hydrogen-bond acceptors (Lipinski definition) is 5. The van der Waals surface area contributed by atoms with Gasteiger partial charge in [0.1, 0.15) is 17.2 Å². The van der Waals surface area contributed by atoms with E-state index < -0.39 is 11.7 Å². The molecular weight excluding hydrogens is 493 g/mol. The number of furan rings is 1. The number of hydrogen-bond donors (Lipinski definition) is 2. The zero-order chi connectivity index (χ0) is 26.8. The summed E-state index contributed by atoms with van der Waals surface area (Å²) in [5.41, 5.74) is 5.66. The summed E-state index contributed by atoms with van der Waals surface area (Å²) in [5, 5.41) is 3.62. The van der Waals surface area contributed by atoms with Gasteiger partial charge in [-0.05, 0) is 54.1 Å². The summed E-state index contributed by atoms with van der Waals surface area (Å²) in [5.74, 6) is -0.477. The van der Waals surface area contributed by atoms with Crippen molar-refractivity contribution in [3.05, 3.63) is 102 Å². The number of nitrogens with one attached hydrogen (secondary N) is 2. The third-order valence-corrected chi connectivity index (χ3v) is 7.35. The second-order valence-electron chi connectivity index (χ2n) is 10.1. The van der Waals surface area contributed by atoms with Gasteiger partial charge >= 0.3 is 0 Å². The number of aromatic nitrogens is 2. The fraction of sp³-hybridized carbons (Fsp3) is 0.226. The Hall–Kier alpha value is -4.27. The lowest BCUT2D eigenvalue weighted by molar-refractivity contribution is 0.0944. The number of pyridine rings is 1. The fourth-order valence-corrected chi connectivity index (χ4v) is 5.01. The first-order valence-electron chi connectivity index (χ1n) is 13.1. The van der Waals surface area contributed by atoms with Gasteiger partial charge in [0.2, 0.25) is 0 Å². The molecule has 1 amide bonds. The highest BCUT2D eigenvalue weighted by atomic mass is 19.1. The van der Waals surface area contributed by atoms with Crippen LogP contribution in [0, 0.1) is 5.82 Å². The molecule has 39 heavy (non-hydrogen) atoms. The third-order valence-electron chi connectivity index (χ3n) is 7.35. The molecule has 0 bridgehead atoms. The van der Waals surface area contributed by atoms with Gasteiger partial charge in [-0.2, -0.15) is 0 Å². The van der Waals surface area contributed by atoms with Gasteiger partial charge < -0.3 is 19.6 Å². The Bertz CT molecular complexity index is 1590. The summed E-state index contributed by atoms with van der Waals surface area (Å²) in [6, 6.07) is 18.8. The van der Waals surface area contributed by atoms with E-state index in [1.54, 1.807) is 24.3 Å². The molecule has 0 saturated carbocycles. The van der Waals surface area contributed by atoms with Crippen molar-refractivity contribution >= 4 is 16.9 Å². The van der Waals surface area contributed by atoms with E-state index in [9.17, 15) is 9.18 Å². The Kier molecular flexibility index (Phi) is 6.96. The van der Waals surface area contributed by atoms with Crippen LogP contribution in [-0.2, 0) is 13.1 Å². The smallest absolute Gasteiger partial charge is 0.254 e.